The predicted octanol–water partition coefficient (Wildman–Crippen LogP) is 2.82. The van der Waals surface area contributed by atoms with Crippen molar-refractivity contribution >= 4 is 11.4 Å². The first-order chi connectivity index (χ1) is 13.7. The summed E-state index contributed by atoms with van der Waals surface area (Å²) < 4.78 is 2.03. The molecule has 1 aliphatic heterocycles. The monoisotopic (exact) mass is 375 g/mol. The zero-order valence-corrected chi connectivity index (χ0v) is 16.1. The molecule has 1 saturated heterocycles. The van der Waals surface area contributed by atoms with Crippen molar-refractivity contribution in [3.63, 3.8) is 0 Å². The van der Waals surface area contributed by atoms with E-state index in [0.717, 1.165) is 43.4 Å². The number of nitrogens with one attached hydrogen (secondary N) is 1. The molecule has 4 heterocycles. The number of carbonyl (C=O) groups excluding carboxylic acids is 1. The first kappa shape index (κ1) is 17.4. The van der Waals surface area contributed by atoms with Crippen LogP contribution in [0.4, 0.5) is 0 Å². The Morgan fingerprint density at radius 3 is 3.04 bits per heavy atom. The van der Waals surface area contributed by atoms with Crippen LogP contribution in [0.5, 0.6) is 0 Å². The van der Waals surface area contributed by atoms with E-state index in [1.54, 1.807) is 12.4 Å². The number of pyridine rings is 2. The molecule has 1 N–H and O–H groups in total. The maximum Gasteiger partial charge on any atom is 0.253 e. The summed E-state index contributed by atoms with van der Waals surface area (Å²) >= 11 is 0. The molecule has 1 aliphatic carbocycles. The topological polar surface area (TPSA) is 62.5 Å². The number of hydrogen-bond acceptors (Lipinski definition) is 4. The van der Waals surface area contributed by atoms with Gasteiger partial charge >= 0.3 is 0 Å². The second-order valence-corrected chi connectivity index (χ2v) is 8.08. The van der Waals surface area contributed by atoms with E-state index < -0.39 is 0 Å². The Morgan fingerprint density at radius 2 is 2.14 bits per heavy atom. The van der Waals surface area contributed by atoms with Crippen LogP contribution >= 0.6 is 0 Å². The fraction of sp³-hybridized carbons (Fsp3) is 0.409. The van der Waals surface area contributed by atoms with Gasteiger partial charge < -0.3 is 5.32 Å². The first-order valence-corrected chi connectivity index (χ1v) is 10.1. The van der Waals surface area contributed by atoms with Crippen LogP contribution in [-0.4, -0.2) is 44.0 Å². The normalized spacial score (nSPS) is 24.5. The van der Waals surface area contributed by atoms with Crippen molar-refractivity contribution in [2.75, 3.05) is 6.54 Å². The van der Waals surface area contributed by atoms with E-state index in [4.69, 9.17) is 0 Å². The molecular formula is C22H25N5O. The van der Waals surface area contributed by atoms with Gasteiger partial charge in [-0.25, -0.2) is 4.52 Å². The quantitative estimate of drug-likeness (QED) is 0.762. The van der Waals surface area contributed by atoms with Crippen LogP contribution in [-0.2, 0) is 6.54 Å². The van der Waals surface area contributed by atoms with Crippen molar-refractivity contribution < 1.29 is 4.79 Å². The fourth-order valence-electron chi connectivity index (χ4n) is 5.02. The first-order valence-electron chi connectivity index (χ1n) is 10.1. The van der Waals surface area contributed by atoms with E-state index in [9.17, 15) is 4.79 Å². The lowest BCUT2D eigenvalue weighted by molar-refractivity contribution is 0.0926. The molecule has 144 valence electrons. The molecule has 0 unspecified atom stereocenters. The molecule has 6 nitrogen and oxygen atoms in total. The average molecular weight is 375 g/mol. The maximum atomic E-state index is 12.7. The summed E-state index contributed by atoms with van der Waals surface area (Å²) in [6.07, 6.45) is 8.60. The number of likely N-dealkylation sites (tertiary alicyclic amines) is 1. The summed E-state index contributed by atoms with van der Waals surface area (Å²) in [5.74, 6) is 0.528. The van der Waals surface area contributed by atoms with Gasteiger partial charge in [0.1, 0.15) is 0 Å². The number of carbonyl (C=O) groups is 1. The number of aryl methyl sites for hydroxylation is 1. The number of fused-ring (bicyclic) bond motifs is 2. The van der Waals surface area contributed by atoms with E-state index in [1.165, 1.54) is 5.69 Å². The minimum absolute atomic E-state index is 0.00149. The molecule has 3 atom stereocenters. The Morgan fingerprint density at radius 1 is 1.21 bits per heavy atom. The third kappa shape index (κ3) is 3.07. The van der Waals surface area contributed by atoms with Crippen molar-refractivity contribution in [1.82, 2.24) is 24.8 Å². The minimum atomic E-state index is 0.00149. The molecule has 28 heavy (non-hydrogen) atoms. The highest BCUT2D eigenvalue weighted by molar-refractivity contribution is 5.94. The highest BCUT2D eigenvalue weighted by Crippen LogP contribution is 2.39. The summed E-state index contributed by atoms with van der Waals surface area (Å²) in [6, 6.07) is 11.1. The van der Waals surface area contributed by atoms with Gasteiger partial charge in [0.15, 0.2) is 0 Å². The Labute approximate surface area is 164 Å². The van der Waals surface area contributed by atoms with Gasteiger partial charge in [-0.2, -0.15) is 5.10 Å². The Hall–Kier alpha value is -2.73. The lowest BCUT2D eigenvalue weighted by Gasteiger charge is -2.24. The van der Waals surface area contributed by atoms with Gasteiger partial charge in [0.2, 0.25) is 0 Å². The van der Waals surface area contributed by atoms with Crippen LogP contribution in [0.1, 0.15) is 40.9 Å². The van der Waals surface area contributed by atoms with Crippen LogP contribution in [0.3, 0.4) is 0 Å². The lowest BCUT2D eigenvalue weighted by atomic mass is 9.99. The van der Waals surface area contributed by atoms with Crippen molar-refractivity contribution in [2.45, 2.75) is 44.8 Å². The third-order valence-corrected chi connectivity index (χ3v) is 6.32. The average Bonchev–Trinajstić information content (AvgIpc) is 3.41. The molecule has 0 aromatic carbocycles. The van der Waals surface area contributed by atoms with Gasteiger partial charge in [0, 0.05) is 37.2 Å². The van der Waals surface area contributed by atoms with Gasteiger partial charge in [0.05, 0.1) is 16.8 Å². The van der Waals surface area contributed by atoms with Crippen molar-refractivity contribution in [2.24, 2.45) is 5.92 Å². The van der Waals surface area contributed by atoms with E-state index >= 15 is 0 Å². The smallest absolute Gasteiger partial charge is 0.253 e. The highest BCUT2D eigenvalue weighted by atomic mass is 16.1. The maximum absolute atomic E-state index is 12.7. The molecule has 0 bridgehead atoms. The molecule has 2 aliphatic rings. The van der Waals surface area contributed by atoms with Gasteiger partial charge in [-0.05, 0) is 68.5 Å². The van der Waals surface area contributed by atoms with E-state index in [-0.39, 0.29) is 11.9 Å². The molecule has 6 heteroatoms. The zero-order valence-electron chi connectivity index (χ0n) is 16.1. The van der Waals surface area contributed by atoms with E-state index in [0.29, 0.717) is 17.5 Å². The molecule has 5 rings (SSSR count). The Kier molecular flexibility index (Phi) is 4.36. The zero-order chi connectivity index (χ0) is 19.1. The standard InChI is InChI=1S/C22H25N5O/c1-15-11-16(13-23-12-15)22(28)25-20-5-6-21-19(20)8-10-26(21)14-18-4-2-3-17-7-9-24-27(17)18/h2-4,7,9,11-13,19-21H,5-6,8,10,14H2,1H3,(H,25,28)/t19-,20-,21+/m0/s1. The molecule has 0 radical (unpaired) electrons. The van der Waals surface area contributed by atoms with Crippen molar-refractivity contribution in [3.05, 3.63) is 65.7 Å². The largest absolute Gasteiger partial charge is 0.349 e. The second kappa shape index (κ2) is 7.02. The number of aromatic nitrogens is 3. The fourth-order valence-corrected chi connectivity index (χ4v) is 5.02. The summed E-state index contributed by atoms with van der Waals surface area (Å²) in [7, 11) is 0. The summed E-state index contributed by atoms with van der Waals surface area (Å²) in [6.45, 7) is 3.94. The summed E-state index contributed by atoms with van der Waals surface area (Å²) in [5, 5.41) is 7.75. The van der Waals surface area contributed by atoms with Gasteiger partial charge in [0.25, 0.3) is 5.91 Å². The molecule has 0 spiro atoms. The van der Waals surface area contributed by atoms with Gasteiger partial charge in [-0.3, -0.25) is 14.7 Å². The minimum Gasteiger partial charge on any atom is -0.349 e. The van der Waals surface area contributed by atoms with Gasteiger partial charge in [-0.1, -0.05) is 6.07 Å². The molecule has 3 aromatic heterocycles. The van der Waals surface area contributed by atoms with Crippen LogP contribution in [0, 0.1) is 12.8 Å². The predicted molar refractivity (Wildman–Crippen MR) is 107 cm³/mol. The second-order valence-electron chi connectivity index (χ2n) is 8.08. The van der Waals surface area contributed by atoms with E-state index in [1.807, 2.05) is 29.8 Å². The number of nitrogens with zero attached hydrogens (tertiary/aromatic N) is 4. The highest BCUT2D eigenvalue weighted by Gasteiger charge is 2.44. The Balaban J connectivity index is 1.27. The molecule has 1 amide bonds. The SMILES string of the molecule is Cc1cncc(C(=O)N[C@H]2CC[C@@H]3[C@H]2CCN3Cc2cccc3ccnn23)c1. The van der Waals surface area contributed by atoms with E-state index in [2.05, 4.69) is 38.5 Å². The van der Waals surface area contributed by atoms with Crippen LogP contribution < -0.4 is 5.32 Å². The summed E-state index contributed by atoms with van der Waals surface area (Å²) in [5.41, 5.74) is 4.03. The molecular weight excluding hydrogens is 350 g/mol. The van der Waals surface area contributed by atoms with Crippen molar-refractivity contribution in [3.8, 4) is 0 Å². The molecule has 2 fully saturated rings. The summed E-state index contributed by atoms with van der Waals surface area (Å²) in [4.78, 5) is 19.4. The number of hydrogen-bond donors (Lipinski definition) is 1. The Bertz CT molecular complexity index is 1010. The van der Waals surface area contributed by atoms with Gasteiger partial charge in [-0.15, -0.1) is 0 Å². The number of rotatable bonds is 4. The third-order valence-electron chi connectivity index (χ3n) is 6.32. The molecule has 1 saturated carbocycles. The van der Waals surface area contributed by atoms with Crippen LogP contribution in [0.25, 0.3) is 5.52 Å². The number of amides is 1. The molecule has 3 aromatic rings. The lowest BCUT2D eigenvalue weighted by Crippen LogP contribution is -2.39. The van der Waals surface area contributed by atoms with Crippen LogP contribution in [0.2, 0.25) is 0 Å². The van der Waals surface area contributed by atoms with Crippen LogP contribution in [0.15, 0.2) is 48.9 Å². The van der Waals surface area contributed by atoms with Crippen molar-refractivity contribution in [1.29, 1.82) is 0 Å².